The van der Waals surface area contributed by atoms with Crippen LogP contribution in [0.3, 0.4) is 0 Å². The van der Waals surface area contributed by atoms with Gasteiger partial charge in [-0.15, -0.1) is 0 Å². The van der Waals surface area contributed by atoms with Crippen LogP contribution in [0.1, 0.15) is 11.1 Å². The van der Waals surface area contributed by atoms with Crippen LogP contribution < -0.4 is 5.32 Å². The Balaban J connectivity index is 1.67. The molecule has 0 radical (unpaired) electrons. The van der Waals surface area contributed by atoms with Gasteiger partial charge in [-0.3, -0.25) is 4.79 Å². The van der Waals surface area contributed by atoms with Crippen LogP contribution in [0.5, 0.6) is 0 Å². The lowest BCUT2D eigenvalue weighted by atomic mass is 10.1. The summed E-state index contributed by atoms with van der Waals surface area (Å²) in [5, 5.41) is 3.02. The van der Waals surface area contributed by atoms with Gasteiger partial charge in [0.15, 0.2) is 0 Å². The topological polar surface area (TPSA) is 46.9 Å². The number of rotatable bonds is 6. The van der Waals surface area contributed by atoms with Crippen molar-refractivity contribution >= 4 is 23.3 Å². The minimum absolute atomic E-state index is 0.124. The molecule has 1 aromatic heterocycles. The van der Waals surface area contributed by atoms with Gasteiger partial charge >= 0.3 is 0 Å². The largest absolute Gasteiger partial charge is 0.312 e. The molecule has 0 aliphatic carbocycles. The maximum absolute atomic E-state index is 14.1. The third-order valence-electron chi connectivity index (χ3n) is 4.81. The number of benzene rings is 3. The molecular weight excluding hydrogens is 420 g/mol. The predicted molar refractivity (Wildman–Crippen MR) is 117 cm³/mol. The van der Waals surface area contributed by atoms with Crippen molar-refractivity contribution in [1.82, 2.24) is 9.55 Å². The molecule has 156 valence electrons. The van der Waals surface area contributed by atoms with E-state index in [1.54, 1.807) is 23.0 Å². The monoisotopic (exact) mass is 437 g/mol. The normalized spacial score (nSPS) is 10.8. The molecule has 0 aliphatic heterocycles. The van der Waals surface area contributed by atoms with Crippen LogP contribution in [0.15, 0.2) is 79.1 Å². The summed E-state index contributed by atoms with van der Waals surface area (Å²) in [7, 11) is 0. The molecule has 1 heterocycles. The molecule has 4 nitrogen and oxygen atoms in total. The second-order valence-corrected chi connectivity index (χ2v) is 7.39. The third kappa shape index (κ3) is 4.81. The number of nitrogens with one attached hydrogen (secondary N) is 1. The summed E-state index contributed by atoms with van der Waals surface area (Å²) in [6, 6.07) is 19.8. The highest BCUT2D eigenvalue weighted by atomic mass is 35.5. The molecule has 1 amide bonds. The van der Waals surface area contributed by atoms with E-state index in [9.17, 15) is 13.6 Å². The molecular formula is C24H18ClF2N3O. The molecule has 4 rings (SSSR count). The first-order chi connectivity index (χ1) is 15.0. The first-order valence-corrected chi connectivity index (χ1v) is 9.97. The quantitative estimate of drug-likeness (QED) is 0.420. The van der Waals surface area contributed by atoms with Crippen molar-refractivity contribution in [3.8, 4) is 11.3 Å². The van der Waals surface area contributed by atoms with Gasteiger partial charge in [0.25, 0.3) is 0 Å². The first kappa shape index (κ1) is 20.8. The maximum atomic E-state index is 14.1. The van der Waals surface area contributed by atoms with Crippen molar-refractivity contribution in [2.24, 2.45) is 0 Å². The Labute approximate surface area is 183 Å². The minimum atomic E-state index is -0.542. The second-order valence-electron chi connectivity index (χ2n) is 6.99. The highest BCUT2D eigenvalue weighted by Crippen LogP contribution is 2.28. The number of aromatic nitrogens is 2. The summed E-state index contributed by atoms with van der Waals surface area (Å²) in [4.78, 5) is 17.2. The molecule has 0 atom stereocenters. The van der Waals surface area contributed by atoms with E-state index in [4.69, 9.17) is 11.6 Å². The fourth-order valence-corrected chi connectivity index (χ4v) is 3.50. The fraction of sp³-hybridized carbons (Fsp3) is 0.0833. The van der Waals surface area contributed by atoms with Crippen molar-refractivity contribution in [3.05, 3.63) is 107 Å². The SMILES string of the molecule is O=C(Cc1c(F)cccc1Cl)Nc1c(-c2ccc(F)cc2)ncn1Cc1ccccc1. The minimum Gasteiger partial charge on any atom is -0.312 e. The van der Waals surface area contributed by atoms with E-state index < -0.39 is 11.7 Å². The second kappa shape index (κ2) is 9.10. The van der Waals surface area contributed by atoms with E-state index >= 15 is 0 Å². The Morgan fingerprint density at radius 3 is 2.42 bits per heavy atom. The van der Waals surface area contributed by atoms with Crippen LogP contribution in [-0.2, 0) is 17.8 Å². The number of carbonyl (C=O) groups is 1. The number of hydrogen-bond donors (Lipinski definition) is 1. The number of amides is 1. The van der Waals surface area contributed by atoms with Crippen molar-refractivity contribution in [3.63, 3.8) is 0 Å². The Morgan fingerprint density at radius 2 is 1.71 bits per heavy atom. The summed E-state index contributed by atoms with van der Waals surface area (Å²) in [6.07, 6.45) is 1.38. The van der Waals surface area contributed by atoms with Crippen molar-refractivity contribution in [2.45, 2.75) is 13.0 Å². The first-order valence-electron chi connectivity index (χ1n) is 9.59. The molecule has 0 saturated carbocycles. The van der Waals surface area contributed by atoms with E-state index in [0.717, 1.165) is 5.56 Å². The van der Waals surface area contributed by atoms with Crippen LogP contribution in [0, 0.1) is 11.6 Å². The van der Waals surface area contributed by atoms with E-state index in [1.807, 2.05) is 30.3 Å². The predicted octanol–water partition coefficient (Wildman–Crippen LogP) is 5.71. The number of nitrogens with zero attached hydrogens (tertiary/aromatic N) is 2. The molecule has 0 aliphatic rings. The van der Waals surface area contributed by atoms with Crippen molar-refractivity contribution < 1.29 is 13.6 Å². The van der Waals surface area contributed by atoms with E-state index in [0.29, 0.717) is 23.6 Å². The molecule has 0 unspecified atom stereocenters. The summed E-state index contributed by atoms with van der Waals surface area (Å²) in [5.41, 5.74) is 2.27. The molecule has 0 saturated heterocycles. The Kier molecular flexibility index (Phi) is 6.09. The standard InChI is InChI=1S/C24H18ClF2N3O/c25-20-7-4-8-21(27)19(20)13-22(31)29-24-23(17-9-11-18(26)12-10-17)28-15-30(24)14-16-5-2-1-3-6-16/h1-12,15H,13-14H2,(H,29,31). The van der Waals surface area contributed by atoms with Gasteiger partial charge in [-0.25, -0.2) is 13.8 Å². The lowest BCUT2D eigenvalue weighted by molar-refractivity contribution is -0.115. The number of imidazole rings is 1. The maximum Gasteiger partial charge on any atom is 0.230 e. The summed E-state index contributed by atoms with van der Waals surface area (Å²) in [5.74, 6) is -0.912. The van der Waals surface area contributed by atoms with Crippen LogP contribution in [0.25, 0.3) is 11.3 Å². The van der Waals surface area contributed by atoms with Gasteiger partial charge in [-0.05, 0) is 42.0 Å². The Bertz CT molecular complexity index is 1190. The van der Waals surface area contributed by atoms with Crippen LogP contribution >= 0.6 is 11.6 Å². The molecule has 31 heavy (non-hydrogen) atoms. The summed E-state index contributed by atoms with van der Waals surface area (Å²) >= 11 is 6.06. The van der Waals surface area contributed by atoms with Gasteiger partial charge in [0.05, 0.1) is 19.3 Å². The van der Waals surface area contributed by atoms with Gasteiger partial charge in [-0.1, -0.05) is 48.0 Å². The van der Waals surface area contributed by atoms with Gasteiger partial charge in [0.1, 0.15) is 23.1 Å². The zero-order valence-corrected chi connectivity index (χ0v) is 17.1. The Morgan fingerprint density at radius 1 is 0.968 bits per heavy atom. The number of hydrogen-bond acceptors (Lipinski definition) is 2. The molecule has 4 aromatic rings. The lowest BCUT2D eigenvalue weighted by Crippen LogP contribution is -2.18. The third-order valence-corrected chi connectivity index (χ3v) is 5.16. The zero-order chi connectivity index (χ0) is 21.8. The Hall–Kier alpha value is -3.51. The molecule has 1 N–H and O–H groups in total. The molecule has 7 heteroatoms. The fourth-order valence-electron chi connectivity index (χ4n) is 3.27. The highest BCUT2D eigenvalue weighted by Gasteiger charge is 2.18. The van der Waals surface area contributed by atoms with Gasteiger partial charge < -0.3 is 9.88 Å². The molecule has 0 spiro atoms. The highest BCUT2D eigenvalue weighted by molar-refractivity contribution is 6.31. The smallest absolute Gasteiger partial charge is 0.230 e. The summed E-state index contributed by atoms with van der Waals surface area (Å²) in [6.45, 7) is 0.463. The van der Waals surface area contributed by atoms with E-state index in [1.165, 1.54) is 30.3 Å². The van der Waals surface area contributed by atoms with Gasteiger partial charge in [0.2, 0.25) is 5.91 Å². The lowest BCUT2D eigenvalue weighted by Gasteiger charge is -2.13. The number of carbonyl (C=O) groups excluding carboxylic acids is 1. The van der Waals surface area contributed by atoms with E-state index in [2.05, 4.69) is 10.3 Å². The van der Waals surface area contributed by atoms with Crippen LogP contribution in [-0.4, -0.2) is 15.5 Å². The number of anilines is 1. The molecule has 0 fully saturated rings. The van der Waals surface area contributed by atoms with E-state index in [-0.39, 0.29) is 22.8 Å². The van der Waals surface area contributed by atoms with Crippen molar-refractivity contribution in [2.75, 3.05) is 5.32 Å². The molecule has 0 bridgehead atoms. The zero-order valence-electron chi connectivity index (χ0n) is 16.4. The number of halogens is 3. The van der Waals surface area contributed by atoms with Crippen molar-refractivity contribution in [1.29, 1.82) is 0 Å². The van der Waals surface area contributed by atoms with Gasteiger partial charge in [0, 0.05) is 16.1 Å². The van der Waals surface area contributed by atoms with Crippen LogP contribution in [0.2, 0.25) is 5.02 Å². The average molecular weight is 438 g/mol. The molecule has 3 aromatic carbocycles. The van der Waals surface area contributed by atoms with Crippen LogP contribution in [0.4, 0.5) is 14.6 Å². The van der Waals surface area contributed by atoms with Gasteiger partial charge in [-0.2, -0.15) is 0 Å². The average Bonchev–Trinajstić information content (AvgIpc) is 3.14. The summed E-state index contributed by atoms with van der Waals surface area (Å²) < 4.78 is 29.3.